The van der Waals surface area contributed by atoms with E-state index in [1.807, 2.05) is 58.8 Å². The van der Waals surface area contributed by atoms with Crippen molar-refractivity contribution in [1.82, 2.24) is 9.88 Å². The van der Waals surface area contributed by atoms with E-state index in [0.717, 1.165) is 35.1 Å². The summed E-state index contributed by atoms with van der Waals surface area (Å²) in [5, 5.41) is 2.74. The molecule has 2 aromatic carbocycles. The smallest absolute Gasteiger partial charge is 0.273 e. The molecule has 0 saturated carbocycles. The minimum absolute atomic E-state index is 0.00751. The van der Waals surface area contributed by atoms with Gasteiger partial charge >= 0.3 is 0 Å². The van der Waals surface area contributed by atoms with Gasteiger partial charge < -0.3 is 14.5 Å². The number of benzene rings is 2. The molecule has 0 radical (unpaired) electrons. The van der Waals surface area contributed by atoms with E-state index in [-0.39, 0.29) is 5.91 Å². The average molecular weight is 379 g/mol. The van der Waals surface area contributed by atoms with Crippen LogP contribution in [0.2, 0.25) is 0 Å². The van der Waals surface area contributed by atoms with Crippen LogP contribution in [0.5, 0.6) is 5.75 Å². The highest BCUT2D eigenvalue weighted by Gasteiger charge is 2.25. The molecule has 0 N–H and O–H groups in total. The van der Waals surface area contributed by atoms with E-state index in [0.29, 0.717) is 18.8 Å². The first-order valence-electron chi connectivity index (χ1n) is 8.94. The molecule has 0 bridgehead atoms. The molecule has 2 heterocycles. The second-order valence-corrected chi connectivity index (χ2v) is 7.21. The number of hydrogen-bond acceptors (Lipinski definition) is 5. The van der Waals surface area contributed by atoms with Gasteiger partial charge in [-0.15, -0.1) is 11.3 Å². The van der Waals surface area contributed by atoms with E-state index >= 15 is 0 Å². The zero-order valence-electron chi connectivity index (χ0n) is 15.2. The molecule has 27 heavy (non-hydrogen) atoms. The Hall–Kier alpha value is -2.86. The molecule has 0 unspecified atom stereocenters. The molecular weight excluding hydrogens is 358 g/mol. The van der Waals surface area contributed by atoms with Gasteiger partial charge in [-0.2, -0.15) is 0 Å². The van der Waals surface area contributed by atoms with Crippen molar-refractivity contribution in [2.45, 2.75) is 0 Å². The number of piperazine rings is 1. The number of hydrogen-bond donors (Lipinski definition) is 0. The highest BCUT2D eigenvalue weighted by atomic mass is 32.1. The normalized spacial score (nSPS) is 14.3. The van der Waals surface area contributed by atoms with E-state index in [1.165, 1.54) is 11.3 Å². The SMILES string of the molecule is COc1ccccc1N1CCN(C(=O)c2csc(-c3ccccc3)n2)CC1. The minimum Gasteiger partial charge on any atom is -0.495 e. The third kappa shape index (κ3) is 3.66. The van der Waals surface area contributed by atoms with E-state index in [1.54, 1.807) is 7.11 Å². The Bertz CT molecular complexity index is 918. The number of rotatable bonds is 4. The quantitative estimate of drug-likeness (QED) is 0.692. The Kier molecular flexibility index (Phi) is 5.07. The summed E-state index contributed by atoms with van der Waals surface area (Å²) in [7, 11) is 1.69. The van der Waals surface area contributed by atoms with Gasteiger partial charge in [-0.3, -0.25) is 4.79 Å². The van der Waals surface area contributed by atoms with E-state index in [2.05, 4.69) is 16.0 Å². The molecule has 1 fully saturated rings. The van der Waals surface area contributed by atoms with Crippen LogP contribution in [-0.2, 0) is 0 Å². The number of anilines is 1. The molecule has 0 spiro atoms. The number of nitrogens with zero attached hydrogens (tertiary/aromatic N) is 3. The molecule has 6 heteroatoms. The second kappa shape index (κ2) is 7.80. The van der Waals surface area contributed by atoms with Gasteiger partial charge in [0.25, 0.3) is 5.91 Å². The average Bonchev–Trinajstić information content (AvgIpc) is 3.24. The van der Waals surface area contributed by atoms with Crippen LogP contribution in [0.1, 0.15) is 10.5 Å². The van der Waals surface area contributed by atoms with Crippen molar-refractivity contribution in [3.8, 4) is 16.3 Å². The molecule has 0 atom stereocenters. The summed E-state index contributed by atoms with van der Waals surface area (Å²) in [5.41, 5.74) is 2.65. The molecule has 1 aliphatic heterocycles. The first-order valence-corrected chi connectivity index (χ1v) is 9.82. The fourth-order valence-electron chi connectivity index (χ4n) is 3.29. The molecule has 1 aromatic heterocycles. The maximum Gasteiger partial charge on any atom is 0.273 e. The van der Waals surface area contributed by atoms with Gasteiger partial charge in [-0.05, 0) is 12.1 Å². The Labute approximate surface area is 162 Å². The van der Waals surface area contributed by atoms with Gasteiger partial charge in [0.05, 0.1) is 12.8 Å². The van der Waals surface area contributed by atoms with Crippen molar-refractivity contribution in [2.75, 3.05) is 38.2 Å². The number of thiazole rings is 1. The lowest BCUT2D eigenvalue weighted by molar-refractivity contribution is 0.0741. The fraction of sp³-hybridized carbons (Fsp3) is 0.238. The molecule has 0 aliphatic carbocycles. The van der Waals surface area contributed by atoms with Crippen molar-refractivity contribution in [1.29, 1.82) is 0 Å². The number of carbonyl (C=O) groups excluding carboxylic acids is 1. The fourth-order valence-corrected chi connectivity index (χ4v) is 4.09. The minimum atomic E-state index is 0.00751. The van der Waals surface area contributed by atoms with Gasteiger partial charge in [-0.25, -0.2) is 4.98 Å². The molecule has 1 saturated heterocycles. The van der Waals surface area contributed by atoms with Crippen molar-refractivity contribution in [3.63, 3.8) is 0 Å². The van der Waals surface area contributed by atoms with Crippen molar-refractivity contribution < 1.29 is 9.53 Å². The summed E-state index contributed by atoms with van der Waals surface area (Å²) >= 11 is 1.51. The molecule has 4 rings (SSSR count). The van der Waals surface area contributed by atoms with Crippen LogP contribution in [0.3, 0.4) is 0 Å². The highest BCUT2D eigenvalue weighted by Crippen LogP contribution is 2.29. The predicted octanol–water partition coefficient (Wildman–Crippen LogP) is 3.78. The molecule has 5 nitrogen and oxygen atoms in total. The van der Waals surface area contributed by atoms with Crippen LogP contribution in [0.25, 0.3) is 10.6 Å². The predicted molar refractivity (Wildman–Crippen MR) is 109 cm³/mol. The van der Waals surface area contributed by atoms with E-state index in [9.17, 15) is 4.79 Å². The first kappa shape index (κ1) is 17.5. The summed E-state index contributed by atoms with van der Waals surface area (Å²) in [5.74, 6) is 0.873. The van der Waals surface area contributed by atoms with Crippen molar-refractivity contribution >= 4 is 22.9 Å². The summed E-state index contributed by atoms with van der Waals surface area (Å²) in [6.45, 7) is 2.91. The Balaban J connectivity index is 1.43. The molecular formula is C21H21N3O2S. The molecule has 1 aliphatic rings. The number of ether oxygens (including phenoxy) is 1. The first-order chi connectivity index (χ1) is 13.3. The van der Waals surface area contributed by atoms with Crippen LogP contribution < -0.4 is 9.64 Å². The van der Waals surface area contributed by atoms with E-state index in [4.69, 9.17) is 4.74 Å². The standard InChI is InChI=1S/C21H21N3O2S/c1-26-19-10-6-5-9-18(19)23-11-13-24(14-12-23)21(25)17-15-27-20(22-17)16-7-3-2-4-8-16/h2-10,15H,11-14H2,1H3. The summed E-state index contributed by atoms with van der Waals surface area (Å²) in [6, 6.07) is 18.0. The number of aromatic nitrogens is 1. The molecule has 1 amide bonds. The number of para-hydroxylation sites is 2. The van der Waals surface area contributed by atoms with E-state index < -0.39 is 0 Å². The van der Waals surface area contributed by atoms with Crippen LogP contribution >= 0.6 is 11.3 Å². The number of methoxy groups -OCH3 is 1. The van der Waals surface area contributed by atoms with Gasteiger partial charge in [-0.1, -0.05) is 42.5 Å². The molecule has 3 aromatic rings. The van der Waals surface area contributed by atoms with Crippen LogP contribution in [0.4, 0.5) is 5.69 Å². The third-order valence-electron chi connectivity index (χ3n) is 4.74. The van der Waals surface area contributed by atoms with Crippen molar-refractivity contribution in [3.05, 3.63) is 65.7 Å². The topological polar surface area (TPSA) is 45.7 Å². The van der Waals surface area contributed by atoms with Crippen molar-refractivity contribution in [2.24, 2.45) is 0 Å². The lowest BCUT2D eigenvalue weighted by Crippen LogP contribution is -2.49. The van der Waals surface area contributed by atoms with Gasteiger partial charge in [0.2, 0.25) is 0 Å². The Morgan fingerprint density at radius 3 is 2.44 bits per heavy atom. The maximum absolute atomic E-state index is 12.8. The lowest BCUT2D eigenvalue weighted by atomic mass is 10.2. The summed E-state index contributed by atoms with van der Waals surface area (Å²) in [4.78, 5) is 21.5. The van der Waals surface area contributed by atoms with Crippen LogP contribution in [0.15, 0.2) is 60.0 Å². The van der Waals surface area contributed by atoms with Crippen LogP contribution in [0, 0.1) is 0 Å². The second-order valence-electron chi connectivity index (χ2n) is 6.36. The Morgan fingerprint density at radius 1 is 1.00 bits per heavy atom. The van der Waals surface area contributed by atoms with Crippen LogP contribution in [-0.4, -0.2) is 49.1 Å². The maximum atomic E-state index is 12.8. The zero-order chi connectivity index (χ0) is 18.6. The molecule has 138 valence electrons. The van der Waals surface area contributed by atoms with Gasteiger partial charge in [0.15, 0.2) is 0 Å². The van der Waals surface area contributed by atoms with Gasteiger partial charge in [0.1, 0.15) is 16.5 Å². The lowest BCUT2D eigenvalue weighted by Gasteiger charge is -2.36. The monoisotopic (exact) mass is 379 g/mol. The highest BCUT2D eigenvalue weighted by molar-refractivity contribution is 7.13. The summed E-state index contributed by atoms with van der Waals surface area (Å²) < 4.78 is 5.46. The number of carbonyl (C=O) groups is 1. The zero-order valence-corrected chi connectivity index (χ0v) is 16.0. The third-order valence-corrected chi connectivity index (χ3v) is 5.63. The largest absolute Gasteiger partial charge is 0.495 e. The Morgan fingerprint density at radius 2 is 1.70 bits per heavy atom. The number of amides is 1. The summed E-state index contributed by atoms with van der Waals surface area (Å²) in [6.07, 6.45) is 0. The van der Waals surface area contributed by atoms with Gasteiger partial charge in [0, 0.05) is 37.1 Å².